The van der Waals surface area contributed by atoms with Crippen molar-refractivity contribution in [1.82, 2.24) is 0 Å². The Labute approximate surface area is 113 Å². The van der Waals surface area contributed by atoms with E-state index in [0.717, 1.165) is 0 Å². The predicted octanol–water partition coefficient (Wildman–Crippen LogP) is 2.32. The summed E-state index contributed by atoms with van der Waals surface area (Å²) in [5, 5.41) is 9.25. The van der Waals surface area contributed by atoms with Gasteiger partial charge < -0.3 is 9.84 Å². The first kappa shape index (κ1) is 15.7. The summed E-state index contributed by atoms with van der Waals surface area (Å²) in [6.45, 7) is 5.35. The van der Waals surface area contributed by atoms with Crippen LogP contribution in [0.15, 0.2) is 0 Å². The lowest BCUT2D eigenvalue weighted by Crippen LogP contribution is -2.35. The average Bonchev–Trinajstić information content (AvgIpc) is 2.58. The van der Waals surface area contributed by atoms with Gasteiger partial charge in [0.25, 0.3) is 0 Å². The lowest BCUT2D eigenvalue weighted by Gasteiger charge is -2.23. The lowest BCUT2D eigenvalue weighted by atomic mass is 9.80. The molecule has 0 radical (unpaired) electrons. The van der Waals surface area contributed by atoms with E-state index in [1.165, 1.54) is 0 Å². The maximum Gasteiger partial charge on any atom is 0.317 e. The second-order valence-electron chi connectivity index (χ2n) is 6.10. The van der Waals surface area contributed by atoms with Crippen molar-refractivity contribution in [3.63, 3.8) is 0 Å². The molecule has 1 N–H and O–H groups in total. The van der Waals surface area contributed by atoms with Crippen LogP contribution in [0.4, 0.5) is 0 Å². The zero-order valence-electron chi connectivity index (χ0n) is 11.8. The number of Topliss-reactive ketones (excluding diaryl/α,β-unsaturated/α-hetero) is 1. The van der Waals surface area contributed by atoms with Crippen LogP contribution in [0.25, 0.3) is 0 Å². The average molecular weight is 270 g/mol. The third-order valence-corrected chi connectivity index (χ3v) is 3.36. The number of ketones is 1. The van der Waals surface area contributed by atoms with Crippen LogP contribution >= 0.6 is 0 Å². The van der Waals surface area contributed by atoms with E-state index in [2.05, 4.69) is 0 Å². The summed E-state index contributed by atoms with van der Waals surface area (Å²) >= 11 is 0. The second-order valence-corrected chi connectivity index (χ2v) is 6.10. The van der Waals surface area contributed by atoms with E-state index >= 15 is 0 Å². The molecule has 5 heteroatoms. The van der Waals surface area contributed by atoms with Crippen LogP contribution in [0, 0.1) is 5.41 Å². The number of aliphatic carboxylic acids is 1. The van der Waals surface area contributed by atoms with Crippen LogP contribution in [0.1, 0.15) is 59.3 Å². The highest BCUT2D eigenvalue weighted by atomic mass is 16.6. The molecular weight excluding hydrogens is 248 g/mol. The third kappa shape index (κ3) is 4.04. The zero-order valence-corrected chi connectivity index (χ0v) is 11.8. The standard InChI is InChI=1S/C14H22O5/c1-13(2,3)19-11(16)7-5-9-14(12(17)18)8-4-6-10(14)15/h4-9H2,1-3H3,(H,17,18). The van der Waals surface area contributed by atoms with E-state index in [4.69, 9.17) is 4.74 Å². The maximum atomic E-state index is 11.7. The molecule has 1 aliphatic rings. The molecule has 1 fully saturated rings. The van der Waals surface area contributed by atoms with Gasteiger partial charge in [-0.1, -0.05) is 0 Å². The van der Waals surface area contributed by atoms with Crippen molar-refractivity contribution >= 4 is 17.7 Å². The van der Waals surface area contributed by atoms with E-state index < -0.39 is 17.0 Å². The number of carboxylic acid groups (broad SMARTS) is 1. The Bertz CT molecular complexity index is 380. The molecule has 1 unspecified atom stereocenters. The van der Waals surface area contributed by atoms with Crippen LogP contribution in [-0.2, 0) is 19.1 Å². The number of hydrogen-bond acceptors (Lipinski definition) is 4. The zero-order chi connectivity index (χ0) is 14.7. The SMILES string of the molecule is CC(C)(C)OC(=O)CCCC1(C(=O)O)CCCC1=O. The number of esters is 1. The van der Waals surface area contributed by atoms with Crippen molar-refractivity contribution in [1.29, 1.82) is 0 Å². The van der Waals surface area contributed by atoms with Crippen LogP contribution in [0.2, 0.25) is 0 Å². The molecule has 0 aromatic heterocycles. The van der Waals surface area contributed by atoms with Gasteiger partial charge in [0.15, 0.2) is 0 Å². The Kier molecular flexibility index (Phi) is 4.71. The predicted molar refractivity (Wildman–Crippen MR) is 68.6 cm³/mol. The summed E-state index contributed by atoms with van der Waals surface area (Å²) in [6, 6.07) is 0. The number of carboxylic acids is 1. The normalized spacial score (nSPS) is 23.4. The maximum absolute atomic E-state index is 11.7. The largest absolute Gasteiger partial charge is 0.480 e. The van der Waals surface area contributed by atoms with Gasteiger partial charge in [-0.3, -0.25) is 14.4 Å². The second kappa shape index (κ2) is 5.72. The van der Waals surface area contributed by atoms with Crippen molar-refractivity contribution in [2.24, 2.45) is 5.41 Å². The molecule has 5 nitrogen and oxygen atoms in total. The molecule has 0 heterocycles. The first-order valence-corrected chi connectivity index (χ1v) is 6.66. The molecule has 0 amide bonds. The lowest BCUT2D eigenvalue weighted by molar-refractivity contribution is -0.158. The summed E-state index contributed by atoms with van der Waals surface area (Å²) in [5.41, 5.74) is -1.80. The van der Waals surface area contributed by atoms with Gasteiger partial charge in [-0.25, -0.2) is 0 Å². The third-order valence-electron chi connectivity index (χ3n) is 3.36. The fraction of sp³-hybridized carbons (Fsp3) is 0.786. The van der Waals surface area contributed by atoms with E-state index in [-0.39, 0.29) is 24.6 Å². The summed E-state index contributed by atoms with van der Waals surface area (Å²) in [6.07, 6.45) is 2.08. The molecule has 0 saturated heterocycles. The minimum atomic E-state index is -1.26. The summed E-state index contributed by atoms with van der Waals surface area (Å²) < 4.78 is 5.15. The fourth-order valence-corrected chi connectivity index (χ4v) is 2.45. The van der Waals surface area contributed by atoms with Gasteiger partial charge in [0.2, 0.25) is 0 Å². The first-order valence-electron chi connectivity index (χ1n) is 6.66. The van der Waals surface area contributed by atoms with Crippen LogP contribution < -0.4 is 0 Å². The Morgan fingerprint density at radius 3 is 2.42 bits per heavy atom. The highest BCUT2D eigenvalue weighted by molar-refractivity contribution is 6.04. The molecule has 1 rings (SSSR count). The molecule has 1 atom stereocenters. The van der Waals surface area contributed by atoms with E-state index in [9.17, 15) is 19.5 Å². The van der Waals surface area contributed by atoms with Gasteiger partial charge in [-0.05, 0) is 46.5 Å². The van der Waals surface area contributed by atoms with Gasteiger partial charge in [0.05, 0.1) is 0 Å². The molecule has 0 aromatic carbocycles. The van der Waals surface area contributed by atoms with E-state index in [0.29, 0.717) is 25.7 Å². The number of carbonyl (C=O) groups excluding carboxylic acids is 2. The highest BCUT2D eigenvalue weighted by Gasteiger charge is 2.48. The molecule has 1 saturated carbocycles. The molecule has 0 aromatic rings. The monoisotopic (exact) mass is 270 g/mol. The van der Waals surface area contributed by atoms with Gasteiger partial charge in [-0.15, -0.1) is 0 Å². The van der Waals surface area contributed by atoms with Gasteiger partial charge in [-0.2, -0.15) is 0 Å². The molecule has 0 aliphatic heterocycles. The van der Waals surface area contributed by atoms with Crippen molar-refractivity contribution in [2.75, 3.05) is 0 Å². The summed E-state index contributed by atoms with van der Waals surface area (Å²) in [7, 11) is 0. The smallest absolute Gasteiger partial charge is 0.317 e. The summed E-state index contributed by atoms with van der Waals surface area (Å²) in [5.74, 6) is -1.61. The van der Waals surface area contributed by atoms with Crippen LogP contribution in [-0.4, -0.2) is 28.4 Å². The highest BCUT2D eigenvalue weighted by Crippen LogP contribution is 2.39. The number of rotatable bonds is 5. The van der Waals surface area contributed by atoms with Gasteiger partial charge in [0.1, 0.15) is 16.8 Å². The molecule has 0 spiro atoms. The molecule has 1 aliphatic carbocycles. The Hall–Kier alpha value is -1.39. The molecule has 0 bridgehead atoms. The van der Waals surface area contributed by atoms with Crippen molar-refractivity contribution < 1.29 is 24.2 Å². The Morgan fingerprint density at radius 2 is 2.00 bits per heavy atom. The Morgan fingerprint density at radius 1 is 1.37 bits per heavy atom. The van der Waals surface area contributed by atoms with E-state index in [1.54, 1.807) is 20.8 Å². The van der Waals surface area contributed by atoms with E-state index in [1.807, 2.05) is 0 Å². The number of ether oxygens (including phenoxy) is 1. The molecule has 19 heavy (non-hydrogen) atoms. The first-order chi connectivity index (χ1) is 8.67. The van der Waals surface area contributed by atoms with Gasteiger partial charge >= 0.3 is 11.9 Å². The van der Waals surface area contributed by atoms with Crippen LogP contribution in [0.3, 0.4) is 0 Å². The minimum Gasteiger partial charge on any atom is -0.480 e. The van der Waals surface area contributed by atoms with Crippen molar-refractivity contribution in [3.05, 3.63) is 0 Å². The quantitative estimate of drug-likeness (QED) is 0.612. The minimum absolute atomic E-state index is 0.152. The molecule has 108 valence electrons. The van der Waals surface area contributed by atoms with Crippen molar-refractivity contribution in [2.45, 2.75) is 64.9 Å². The number of hydrogen-bond donors (Lipinski definition) is 1. The number of carbonyl (C=O) groups is 3. The fourth-order valence-electron chi connectivity index (χ4n) is 2.45. The topological polar surface area (TPSA) is 80.7 Å². The van der Waals surface area contributed by atoms with Crippen LogP contribution in [0.5, 0.6) is 0 Å². The molecular formula is C14H22O5. The van der Waals surface area contributed by atoms with Gasteiger partial charge in [0, 0.05) is 12.8 Å². The Balaban J connectivity index is 2.49. The summed E-state index contributed by atoms with van der Waals surface area (Å²) in [4.78, 5) is 34.6. The van der Waals surface area contributed by atoms with Crippen molar-refractivity contribution in [3.8, 4) is 0 Å².